The van der Waals surface area contributed by atoms with E-state index in [0.717, 1.165) is 11.3 Å². The third kappa shape index (κ3) is 3.02. The summed E-state index contributed by atoms with van der Waals surface area (Å²) in [7, 11) is 1.59. The highest BCUT2D eigenvalue weighted by atomic mass is 16.5. The molecule has 2 N–H and O–H groups in total. The average molecular weight is 181 g/mol. The van der Waals surface area contributed by atoms with Gasteiger partial charge < -0.3 is 15.2 Å². The van der Waals surface area contributed by atoms with E-state index in [0.29, 0.717) is 0 Å². The van der Waals surface area contributed by atoms with E-state index in [1.165, 1.54) is 0 Å². The first-order valence-corrected chi connectivity index (χ1v) is 3.77. The second-order valence-electron chi connectivity index (χ2n) is 2.46. The Kier molecular flexibility index (Phi) is 3.14. The van der Waals surface area contributed by atoms with Gasteiger partial charge >= 0.3 is 6.09 Å². The molecule has 0 saturated carbocycles. The fourth-order valence-electron chi connectivity index (χ4n) is 0.876. The van der Waals surface area contributed by atoms with Crippen molar-refractivity contribution in [3.63, 3.8) is 0 Å². The first-order chi connectivity index (χ1) is 6.22. The van der Waals surface area contributed by atoms with Crippen molar-refractivity contribution in [1.82, 2.24) is 0 Å². The van der Waals surface area contributed by atoms with E-state index in [1.54, 1.807) is 19.2 Å². The zero-order valence-electron chi connectivity index (χ0n) is 7.32. The summed E-state index contributed by atoms with van der Waals surface area (Å²) >= 11 is 0. The number of benzene rings is 1. The van der Waals surface area contributed by atoms with Gasteiger partial charge in [0, 0.05) is 0 Å². The van der Waals surface area contributed by atoms with Crippen LogP contribution in [0.2, 0.25) is 0 Å². The summed E-state index contributed by atoms with van der Waals surface area (Å²) in [5.74, 6) is 0.767. The minimum absolute atomic E-state index is 0.194. The number of ether oxygens (including phenoxy) is 2. The number of hydrogen-bond donors (Lipinski definition) is 1. The summed E-state index contributed by atoms with van der Waals surface area (Å²) in [6.07, 6.45) is -0.768. The van der Waals surface area contributed by atoms with Crippen LogP contribution in [0.4, 0.5) is 4.79 Å². The highest BCUT2D eigenvalue weighted by molar-refractivity contribution is 5.64. The van der Waals surface area contributed by atoms with E-state index in [1.807, 2.05) is 12.1 Å². The zero-order chi connectivity index (χ0) is 9.68. The molecular formula is C9H11NO3. The predicted molar refractivity (Wildman–Crippen MR) is 47.4 cm³/mol. The number of carbonyl (C=O) groups excluding carboxylic acids is 1. The Morgan fingerprint density at radius 2 is 2.00 bits per heavy atom. The Morgan fingerprint density at radius 1 is 1.38 bits per heavy atom. The molecule has 0 aliphatic heterocycles. The molecule has 0 bridgehead atoms. The van der Waals surface area contributed by atoms with Gasteiger partial charge in [-0.15, -0.1) is 0 Å². The van der Waals surface area contributed by atoms with Crippen molar-refractivity contribution in [2.24, 2.45) is 5.73 Å². The summed E-state index contributed by atoms with van der Waals surface area (Å²) in [5.41, 5.74) is 5.69. The topological polar surface area (TPSA) is 61.6 Å². The van der Waals surface area contributed by atoms with E-state index in [2.05, 4.69) is 4.74 Å². The lowest BCUT2D eigenvalue weighted by molar-refractivity contribution is 0.150. The number of nitrogens with two attached hydrogens (primary N) is 1. The molecule has 4 nitrogen and oxygen atoms in total. The van der Waals surface area contributed by atoms with Gasteiger partial charge in [-0.3, -0.25) is 0 Å². The van der Waals surface area contributed by atoms with Gasteiger partial charge in [0.25, 0.3) is 0 Å². The number of amides is 1. The van der Waals surface area contributed by atoms with Gasteiger partial charge in [-0.25, -0.2) is 4.79 Å². The SMILES string of the molecule is COc1ccc(COC(N)=O)cc1. The molecule has 4 heteroatoms. The molecule has 1 rings (SSSR count). The fraction of sp³-hybridized carbons (Fsp3) is 0.222. The molecule has 0 heterocycles. The van der Waals surface area contributed by atoms with Crippen LogP contribution in [0.1, 0.15) is 5.56 Å². The molecule has 0 aliphatic rings. The van der Waals surface area contributed by atoms with Crippen LogP contribution in [0.25, 0.3) is 0 Å². The minimum Gasteiger partial charge on any atom is -0.497 e. The fourth-order valence-corrected chi connectivity index (χ4v) is 0.876. The van der Waals surface area contributed by atoms with Crippen molar-refractivity contribution >= 4 is 6.09 Å². The van der Waals surface area contributed by atoms with Crippen LogP contribution in [0, 0.1) is 0 Å². The average Bonchev–Trinajstić information content (AvgIpc) is 2.15. The molecule has 1 amide bonds. The summed E-state index contributed by atoms with van der Waals surface area (Å²) < 4.78 is 9.56. The second-order valence-corrected chi connectivity index (χ2v) is 2.46. The Labute approximate surface area is 76.3 Å². The molecule has 0 spiro atoms. The summed E-state index contributed by atoms with van der Waals surface area (Å²) in [6.45, 7) is 0.194. The Bertz CT molecular complexity index is 281. The monoisotopic (exact) mass is 181 g/mol. The van der Waals surface area contributed by atoms with Crippen molar-refractivity contribution in [2.45, 2.75) is 6.61 Å². The van der Waals surface area contributed by atoms with Gasteiger partial charge in [0.15, 0.2) is 0 Å². The van der Waals surface area contributed by atoms with Gasteiger partial charge in [-0.05, 0) is 17.7 Å². The van der Waals surface area contributed by atoms with Crippen molar-refractivity contribution in [2.75, 3.05) is 7.11 Å². The van der Waals surface area contributed by atoms with E-state index in [9.17, 15) is 4.79 Å². The van der Waals surface area contributed by atoms with Gasteiger partial charge in [0.05, 0.1) is 7.11 Å². The first-order valence-electron chi connectivity index (χ1n) is 3.77. The molecule has 1 aromatic rings. The second kappa shape index (κ2) is 4.35. The maximum absolute atomic E-state index is 10.3. The lowest BCUT2D eigenvalue weighted by Crippen LogP contribution is -2.12. The third-order valence-corrected chi connectivity index (χ3v) is 1.54. The maximum atomic E-state index is 10.3. The van der Waals surface area contributed by atoms with Crippen LogP contribution >= 0.6 is 0 Å². The molecular weight excluding hydrogens is 170 g/mol. The molecule has 0 aliphatic carbocycles. The Balaban J connectivity index is 2.54. The molecule has 1 aromatic carbocycles. The number of hydrogen-bond acceptors (Lipinski definition) is 3. The molecule has 0 radical (unpaired) electrons. The van der Waals surface area contributed by atoms with E-state index in [4.69, 9.17) is 10.5 Å². The van der Waals surface area contributed by atoms with Crippen LogP contribution in [0.5, 0.6) is 5.75 Å². The van der Waals surface area contributed by atoms with Gasteiger partial charge in [0.1, 0.15) is 12.4 Å². The van der Waals surface area contributed by atoms with Crippen LogP contribution in [0.3, 0.4) is 0 Å². The zero-order valence-corrected chi connectivity index (χ0v) is 7.32. The standard InChI is InChI=1S/C9H11NO3/c1-12-8-4-2-7(3-5-8)6-13-9(10)11/h2-5H,6H2,1H3,(H2,10,11). The van der Waals surface area contributed by atoms with Gasteiger partial charge in [-0.2, -0.15) is 0 Å². The van der Waals surface area contributed by atoms with E-state index < -0.39 is 6.09 Å². The maximum Gasteiger partial charge on any atom is 0.404 e. The smallest absolute Gasteiger partial charge is 0.404 e. The number of primary amides is 1. The third-order valence-electron chi connectivity index (χ3n) is 1.54. The van der Waals surface area contributed by atoms with Crippen molar-refractivity contribution < 1.29 is 14.3 Å². The summed E-state index contributed by atoms with van der Waals surface area (Å²) in [5, 5.41) is 0. The molecule has 0 atom stereocenters. The molecule has 13 heavy (non-hydrogen) atoms. The lowest BCUT2D eigenvalue weighted by Gasteiger charge is -2.02. The highest BCUT2D eigenvalue weighted by Crippen LogP contribution is 2.11. The van der Waals surface area contributed by atoms with Crippen LogP contribution in [0.15, 0.2) is 24.3 Å². The van der Waals surface area contributed by atoms with Gasteiger partial charge in [0.2, 0.25) is 0 Å². The van der Waals surface area contributed by atoms with Crippen LogP contribution in [-0.4, -0.2) is 13.2 Å². The number of methoxy groups -OCH3 is 1. The van der Waals surface area contributed by atoms with Gasteiger partial charge in [-0.1, -0.05) is 12.1 Å². The summed E-state index contributed by atoms with van der Waals surface area (Å²) in [4.78, 5) is 10.3. The van der Waals surface area contributed by atoms with E-state index in [-0.39, 0.29) is 6.61 Å². The van der Waals surface area contributed by atoms with Crippen molar-refractivity contribution in [3.05, 3.63) is 29.8 Å². The molecule has 70 valence electrons. The predicted octanol–water partition coefficient (Wildman–Crippen LogP) is 1.29. The number of carbonyl (C=O) groups is 1. The highest BCUT2D eigenvalue weighted by Gasteiger charge is 1.96. The quantitative estimate of drug-likeness (QED) is 0.764. The van der Waals surface area contributed by atoms with E-state index >= 15 is 0 Å². The van der Waals surface area contributed by atoms with Crippen LogP contribution in [-0.2, 0) is 11.3 Å². The lowest BCUT2D eigenvalue weighted by atomic mass is 10.2. The summed E-state index contributed by atoms with van der Waals surface area (Å²) in [6, 6.07) is 7.20. The Morgan fingerprint density at radius 3 is 2.46 bits per heavy atom. The molecule has 0 unspecified atom stereocenters. The largest absolute Gasteiger partial charge is 0.497 e. The normalized spacial score (nSPS) is 9.31. The molecule has 0 fully saturated rings. The van der Waals surface area contributed by atoms with Crippen molar-refractivity contribution in [3.8, 4) is 5.75 Å². The van der Waals surface area contributed by atoms with Crippen LogP contribution < -0.4 is 10.5 Å². The Hall–Kier alpha value is -1.71. The first kappa shape index (κ1) is 9.38. The molecule has 0 aromatic heterocycles. The minimum atomic E-state index is -0.768. The van der Waals surface area contributed by atoms with Crippen molar-refractivity contribution in [1.29, 1.82) is 0 Å². The number of rotatable bonds is 3. The molecule has 0 saturated heterocycles.